The number of hydrogen-bond acceptors (Lipinski definition) is 4. The van der Waals surface area contributed by atoms with E-state index in [1.807, 2.05) is 13.8 Å². The van der Waals surface area contributed by atoms with Crippen LogP contribution < -0.4 is 5.32 Å². The summed E-state index contributed by atoms with van der Waals surface area (Å²) in [6, 6.07) is 0.167. The van der Waals surface area contributed by atoms with Crippen LogP contribution in [0.2, 0.25) is 0 Å². The lowest BCUT2D eigenvalue weighted by Gasteiger charge is -2.35. The van der Waals surface area contributed by atoms with Crippen molar-refractivity contribution in [1.29, 1.82) is 0 Å². The zero-order valence-electron chi connectivity index (χ0n) is 12.6. The summed E-state index contributed by atoms with van der Waals surface area (Å²) in [5, 5.41) is 12.6. The maximum absolute atomic E-state index is 11.4. The van der Waals surface area contributed by atoms with Crippen molar-refractivity contribution in [1.82, 2.24) is 10.2 Å². The van der Waals surface area contributed by atoms with Crippen LogP contribution in [-0.2, 0) is 9.53 Å². The molecule has 0 aromatic rings. The van der Waals surface area contributed by atoms with E-state index in [9.17, 15) is 9.90 Å². The molecule has 0 radical (unpaired) electrons. The molecule has 0 bridgehead atoms. The van der Waals surface area contributed by atoms with E-state index in [-0.39, 0.29) is 6.04 Å². The molecule has 2 N–H and O–H groups in total. The van der Waals surface area contributed by atoms with Crippen LogP contribution in [0.15, 0.2) is 0 Å². The van der Waals surface area contributed by atoms with Crippen LogP contribution in [0.1, 0.15) is 40.0 Å². The molecular weight excluding hydrogens is 244 g/mol. The predicted molar refractivity (Wildman–Crippen MR) is 75.4 cm³/mol. The first-order chi connectivity index (χ1) is 8.87. The predicted octanol–water partition coefficient (Wildman–Crippen LogP) is 1.33. The van der Waals surface area contributed by atoms with Gasteiger partial charge in [0.05, 0.1) is 6.10 Å². The average molecular weight is 272 g/mol. The third kappa shape index (κ3) is 5.09. The standard InChI is InChI=1S/C14H28N2O3/c1-11(2)15-14(3,13(17)18)7-10-16-8-5-12(19-4)6-9-16/h11-12,15H,5-10H2,1-4H3,(H,17,18). The van der Waals surface area contributed by atoms with Crippen molar-refractivity contribution in [3.05, 3.63) is 0 Å². The highest BCUT2D eigenvalue weighted by Crippen LogP contribution is 2.17. The minimum Gasteiger partial charge on any atom is -0.480 e. The first-order valence-electron chi connectivity index (χ1n) is 7.13. The van der Waals surface area contributed by atoms with E-state index < -0.39 is 11.5 Å². The van der Waals surface area contributed by atoms with Gasteiger partial charge in [-0.2, -0.15) is 0 Å². The topological polar surface area (TPSA) is 61.8 Å². The van der Waals surface area contributed by atoms with Gasteiger partial charge in [-0.15, -0.1) is 0 Å². The molecular formula is C14H28N2O3. The number of nitrogens with zero attached hydrogens (tertiary/aromatic N) is 1. The minimum absolute atomic E-state index is 0.167. The van der Waals surface area contributed by atoms with Gasteiger partial charge in [0.2, 0.25) is 0 Å². The number of nitrogens with one attached hydrogen (secondary N) is 1. The van der Waals surface area contributed by atoms with Gasteiger partial charge in [-0.1, -0.05) is 0 Å². The number of methoxy groups -OCH3 is 1. The fraction of sp³-hybridized carbons (Fsp3) is 0.929. The second-order valence-electron chi connectivity index (χ2n) is 5.96. The third-order valence-electron chi connectivity index (χ3n) is 3.88. The molecule has 19 heavy (non-hydrogen) atoms. The van der Waals surface area contributed by atoms with Crippen molar-refractivity contribution in [2.45, 2.75) is 57.7 Å². The number of rotatable bonds is 7. The van der Waals surface area contributed by atoms with E-state index in [1.165, 1.54) is 0 Å². The number of carboxylic acid groups (broad SMARTS) is 1. The molecule has 0 amide bonds. The van der Waals surface area contributed by atoms with Crippen molar-refractivity contribution in [3.8, 4) is 0 Å². The van der Waals surface area contributed by atoms with Crippen LogP contribution in [0.25, 0.3) is 0 Å². The van der Waals surface area contributed by atoms with Gasteiger partial charge in [0.25, 0.3) is 0 Å². The molecule has 5 heteroatoms. The molecule has 0 aromatic carbocycles. The van der Waals surface area contributed by atoms with Gasteiger partial charge >= 0.3 is 5.97 Å². The molecule has 0 saturated carbocycles. The highest BCUT2D eigenvalue weighted by Gasteiger charge is 2.34. The summed E-state index contributed by atoms with van der Waals surface area (Å²) in [7, 11) is 1.76. The molecule has 5 nitrogen and oxygen atoms in total. The molecule has 1 heterocycles. The molecule has 0 spiro atoms. The summed E-state index contributed by atoms with van der Waals surface area (Å²) in [5.41, 5.74) is -0.841. The molecule has 0 aromatic heterocycles. The van der Waals surface area contributed by atoms with Gasteiger partial charge in [-0.25, -0.2) is 0 Å². The Balaban J connectivity index is 2.42. The molecule has 1 fully saturated rings. The van der Waals surface area contributed by atoms with Crippen molar-refractivity contribution >= 4 is 5.97 Å². The van der Waals surface area contributed by atoms with E-state index in [0.717, 1.165) is 32.5 Å². The molecule has 1 atom stereocenters. The Bertz CT molecular complexity index is 288. The van der Waals surface area contributed by atoms with Gasteiger partial charge in [-0.3, -0.25) is 10.1 Å². The van der Waals surface area contributed by atoms with E-state index in [2.05, 4.69) is 10.2 Å². The molecule has 1 aliphatic heterocycles. The number of aliphatic carboxylic acids is 1. The van der Waals surface area contributed by atoms with Crippen molar-refractivity contribution in [2.75, 3.05) is 26.7 Å². The zero-order chi connectivity index (χ0) is 14.5. The number of likely N-dealkylation sites (tertiary alicyclic amines) is 1. The van der Waals surface area contributed by atoms with Gasteiger partial charge in [0.15, 0.2) is 0 Å². The highest BCUT2D eigenvalue weighted by molar-refractivity contribution is 5.78. The van der Waals surface area contributed by atoms with Crippen LogP contribution in [0.3, 0.4) is 0 Å². The minimum atomic E-state index is -0.841. The largest absolute Gasteiger partial charge is 0.480 e. The average Bonchev–Trinajstić information content (AvgIpc) is 2.36. The number of piperidine rings is 1. The van der Waals surface area contributed by atoms with Gasteiger partial charge < -0.3 is 14.7 Å². The van der Waals surface area contributed by atoms with Crippen molar-refractivity contribution < 1.29 is 14.6 Å². The van der Waals surface area contributed by atoms with E-state index in [4.69, 9.17) is 4.74 Å². The Labute approximate surface area is 116 Å². The van der Waals surface area contributed by atoms with Gasteiger partial charge in [0.1, 0.15) is 5.54 Å². The summed E-state index contributed by atoms with van der Waals surface area (Å²) in [5.74, 6) is -0.770. The monoisotopic (exact) mass is 272 g/mol. The Morgan fingerprint density at radius 2 is 2.05 bits per heavy atom. The first kappa shape index (κ1) is 16.4. The van der Waals surface area contributed by atoms with E-state index in [1.54, 1.807) is 14.0 Å². The van der Waals surface area contributed by atoms with Crippen molar-refractivity contribution in [2.24, 2.45) is 0 Å². The Morgan fingerprint density at radius 1 is 1.47 bits per heavy atom. The normalized spacial score (nSPS) is 21.5. The number of ether oxygens (including phenoxy) is 1. The van der Waals surface area contributed by atoms with Crippen LogP contribution in [0, 0.1) is 0 Å². The maximum Gasteiger partial charge on any atom is 0.323 e. The SMILES string of the molecule is COC1CCN(CCC(C)(NC(C)C)C(=O)O)CC1. The Kier molecular flexibility index (Phi) is 6.23. The summed E-state index contributed by atoms with van der Waals surface area (Å²) in [6.07, 6.45) is 3.07. The van der Waals surface area contributed by atoms with E-state index >= 15 is 0 Å². The fourth-order valence-electron chi connectivity index (χ4n) is 2.63. The molecule has 112 valence electrons. The van der Waals surface area contributed by atoms with E-state index in [0.29, 0.717) is 12.5 Å². The lowest BCUT2D eigenvalue weighted by Crippen LogP contribution is -2.54. The van der Waals surface area contributed by atoms with Crippen LogP contribution in [-0.4, -0.2) is 60.4 Å². The van der Waals surface area contributed by atoms with Gasteiger partial charge in [-0.05, 0) is 40.0 Å². The number of carboxylic acids is 1. The summed E-state index contributed by atoms with van der Waals surface area (Å²) < 4.78 is 5.34. The third-order valence-corrected chi connectivity index (χ3v) is 3.88. The lowest BCUT2D eigenvalue weighted by atomic mass is 9.95. The quantitative estimate of drug-likeness (QED) is 0.732. The number of carbonyl (C=O) groups is 1. The maximum atomic E-state index is 11.4. The molecule has 1 unspecified atom stereocenters. The Hall–Kier alpha value is -0.650. The van der Waals surface area contributed by atoms with Crippen molar-refractivity contribution in [3.63, 3.8) is 0 Å². The molecule has 0 aliphatic carbocycles. The van der Waals surface area contributed by atoms with Gasteiger partial charge in [0, 0.05) is 32.8 Å². The fourth-order valence-corrected chi connectivity index (χ4v) is 2.63. The summed E-state index contributed by atoms with van der Waals surface area (Å²) in [4.78, 5) is 13.8. The molecule has 1 saturated heterocycles. The van der Waals surface area contributed by atoms with Crippen LogP contribution in [0.5, 0.6) is 0 Å². The lowest BCUT2D eigenvalue weighted by molar-refractivity contribution is -0.145. The molecule has 1 rings (SSSR count). The molecule has 1 aliphatic rings. The van der Waals surface area contributed by atoms with Crippen LogP contribution >= 0.6 is 0 Å². The second kappa shape index (κ2) is 7.22. The Morgan fingerprint density at radius 3 is 2.47 bits per heavy atom. The second-order valence-corrected chi connectivity index (χ2v) is 5.96. The number of hydrogen-bond donors (Lipinski definition) is 2. The highest BCUT2D eigenvalue weighted by atomic mass is 16.5. The smallest absolute Gasteiger partial charge is 0.323 e. The zero-order valence-corrected chi connectivity index (χ0v) is 12.6. The van der Waals surface area contributed by atoms with Crippen LogP contribution in [0.4, 0.5) is 0 Å². The summed E-state index contributed by atoms with van der Waals surface area (Å²) >= 11 is 0. The summed E-state index contributed by atoms with van der Waals surface area (Å²) in [6.45, 7) is 8.54. The first-order valence-corrected chi connectivity index (χ1v) is 7.13.